The van der Waals surface area contributed by atoms with Crippen molar-refractivity contribution in [1.29, 1.82) is 0 Å². The Hall–Kier alpha value is -1.27. The molecule has 92 valence electrons. The number of hydrogen-bond donors (Lipinski definition) is 1. The van der Waals surface area contributed by atoms with Crippen LogP contribution in [0, 0.1) is 6.92 Å². The number of aryl methyl sites for hydroxylation is 2. The van der Waals surface area contributed by atoms with Gasteiger partial charge in [-0.25, -0.2) is 4.98 Å². The first-order valence-electron chi connectivity index (χ1n) is 5.75. The molecule has 0 bridgehead atoms. The van der Waals surface area contributed by atoms with E-state index in [-0.39, 0.29) is 0 Å². The monoisotopic (exact) mass is 252 g/mol. The van der Waals surface area contributed by atoms with E-state index in [1.54, 1.807) is 17.5 Å². The molecule has 0 aliphatic rings. The van der Waals surface area contributed by atoms with Gasteiger partial charge in [-0.15, -0.1) is 21.5 Å². The maximum atomic E-state index is 5.58. The molecule has 2 heterocycles. The standard InChI is InChI=1S/C11H16N4OS/c1-3-12-6-4-5-10-14-15-11(16-10)9-7-13-8(2)17-9/h7,12H,3-6H2,1-2H3. The third-order valence-electron chi connectivity index (χ3n) is 2.29. The SMILES string of the molecule is CCNCCCc1nnc(-c2cnc(C)s2)o1. The van der Waals surface area contributed by atoms with Crippen molar-refractivity contribution >= 4 is 11.3 Å². The normalized spacial score (nSPS) is 10.9. The average Bonchev–Trinajstić information content (AvgIpc) is 2.93. The van der Waals surface area contributed by atoms with E-state index in [1.807, 2.05) is 6.92 Å². The van der Waals surface area contributed by atoms with Crippen LogP contribution in [0.1, 0.15) is 24.2 Å². The van der Waals surface area contributed by atoms with E-state index in [2.05, 4.69) is 27.4 Å². The van der Waals surface area contributed by atoms with Crippen molar-refractivity contribution in [2.75, 3.05) is 13.1 Å². The summed E-state index contributed by atoms with van der Waals surface area (Å²) in [7, 11) is 0. The molecule has 2 aromatic rings. The van der Waals surface area contributed by atoms with Crippen LogP contribution in [0.2, 0.25) is 0 Å². The summed E-state index contributed by atoms with van der Waals surface area (Å²) < 4.78 is 5.58. The van der Waals surface area contributed by atoms with Crippen LogP contribution in [0.25, 0.3) is 10.8 Å². The molecule has 17 heavy (non-hydrogen) atoms. The number of nitrogens with one attached hydrogen (secondary N) is 1. The highest BCUT2D eigenvalue weighted by atomic mass is 32.1. The fraction of sp³-hybridized carbons (Fsp3) is 0.545. The quantitative estimate of drug-likeness (QED) is 0.797. The molecule has 1 N–H and O–H groups in total. The zero-order valence-electron chi connectivity index (χ0n) is 10.1. The van der Waals surface area contributed by atoms with Crippen molar-refractivity contribution in [3.63, 3.8) is 0 Å². The lowest BCUT2D eigenvalue weighted by Crippen LogP contribution is -2.14. The zero-order chi connectivity index (χ0) is 12.1. The number of nitrogens with zero attached hydrogens (tertiary/aromatic N) is 3. The fourth-order valence-corrected chi connectivity index (χ4v) is 2.15. The van der Waals surface area contributed by atoms with Gasteiger partial charge in [0.05, 0.1) is 11.2 Å². The van der Waals surface area contributed by atoms with Crippen LogP contribution in [-0.4, -0.2) is 28.3 Å². The van der Waals surface area contributed by atoms with Crippen LogP contribution in [-0.2, 0) is 6.42 Å². The molecule has 0 amide bonds. The second-order valence-electron chi connectivity index (χ2n) is 3.70. The predicted octanol–water partition coefficient (Wildman–Crippen LogP) is 2.04. The van der Waals surface area contributed by atoms with Gasteiger partial charge in [-0.2, -0.15) is 0 Å². The first-order chi connectivity index (χ1) is 8.29. The smallest absolute Gasteiger partial charge is 0.259 e. The van der Waals surface area contributed by atoms with Crippen molar-refractivity contribution in [2.45, 2.75) is 26.7 Å². The molecule has 0 spiro atoms. The maximum Gasteiger partial charge on any atom is 0.259 e. The highest BCUT2D eigenvalue weighted by molar-refractivity contribution is 7.14. The summed E-state index contributed by atoms with van der Waals surface area (Å²) in [6, 6.07) is 0. The molecule has 0 saturated carbocycles. The molecule has 0 aromatic carbocycles. The Morgan fingerprint density at radius 1 is 1.41 bits per heavy atom. The third-order valence-corrected chi connectivity index (χ3v) is 3.19. The Balaban J connectivity index is 1.92. The van der Waals surface area contributed by atoms with E-state index in [4.69, 9.17) is 4.42 Å². The lowest BCUT2D eigenvalue weighted by atomic mass is 10.3. The Morgan fingerprint density at radius 3 is 3.00 bits per heavy atom. The van der Waals surface area contributed by atoms with Crippen LogP contribution in [0.5, 0.6) is 0 Å². The summed E-state index contributed by atoms with van der Waals surface area (Å²) in [6.45, 7) is 6.03. The molecule has 6 heteroatoms. The minimum atomic E-state index is 0.578. The van der Waals surface area contributed by atoms with Crippen LogP contribution in [0.3, 0.4) is 0 Å². The highest BCUT2D eigenvalue weighted by Crippen LogP contribution is 2.24. The minimum Gasteiger partial charge on any atom is -0.420 e. The van der Waals surface area contributed by atoms with Crippen molar-refractivity contribution in [3.05, 3.63) is 17.1 Å². The topological polar surface area (TPSA) is 63.8 Å². The molecule has 0 fully saturated rings. The first kappa shape index (κ1) is 12.2. The zero-order valence-corrected chi connectivity index (χ0v) is 10.9. The van der Waals surface area contributed by atoms with Crippen LogP contribution >= 0.6 is 11.3 Å². The lowest BCUT2D eigenvalue weighted by molar-refractivity contribution is 0.493. The van der Waals surface area contributed by atoms with Gasteiger partial charge in [-0.3, -0.25) is 0 Å². The van der Waals surface area contributed by atoms with E-state index in [0.29, 0.717) is 11.8 Å². The van der Waals surface area contributed by atoms with Crippen LogP contribution in [0.15, 0.2) is 10.6 Å². The molecular weight excluding hydrogens is 236 g/mol. The van der Waals surface area contributed by atoms with Gasteiger partial charge in [0.15, 0.2) is 0 Å². The van der Waals surface area contributed by atoms with E-state index < -0.39 is 0 Å². The van der Waals surface area contributed by atoms with Crippen LogP contribution < -0.4 is 5.32 Å². The Morgan fingerprint density at radius 2 is 2.29 bits per heavy atom. The second-order valence-corrected chi connectivity index (χ2v) is 4.94. The number of hydrogen-bond acceptors (Lipinski definition) is 6. The molecule has 5 nitrogen and oxygen atoms in total. The second kappa shape index (κ2) is 5.88. The third kappa shape index (κ3) is 3.34. The lowest BCUT2D eigenvalue weighted by Gasteiger charge is -1.97. The van der Waals surface area contributed by atoms with E-state index >= 15 is 0 Å². The van der Waals surface area contributed by atoms with Crippen molar-refractivity contribution in [3.8, 4) is 10.8 Å². The molecule has 0 saturated heterocycles. The number of rotatable bonds is 6. The highest BCUT2D eigenvalue weighted by Gasteiger charge is 2.10. The summed E-state index contributed by atoms with van der Waals surface area (Å²) in [5.41, 5.74) is 0. The number of thiazole rings is 1. The summed E-state index contributed by atoms with van der Waals surface area (Å²) in [5, 5.41) is 12.3. The van der Waals surface area contributed by atoms with Gasteiger partial charge >= 0.3 is 0 Å². The summed E-state index contributed by atoms with van der Waals surface area (Å²) >= 11 is 1.57. The molecule has 0 aliphatic heterocycles. The maximum absolute atomic E-state index is 5.58. The number of aromatic nitrogens is 3. The van der Waals surface area contributed by atoms with Gasteiger partial charge in [-0.05, 0) is 26.4 Å². The van der Waals surface area contributed by atoms with Gasteiger partial charge in [-0.1, -0.05) is 6.92 Å². The molecule has 2 rings (SSSR count). The molecule has 0 radical (unpaired) electrons. The van der Waals surface area contributed by atoms with E-state index in [0.717, 1.165) is 35.8 Å². The Bertz CT molecular complexity index is 465. The molecule has 0 unspecified atom stereocenters. The molecular formula is C11H16N4OS. The summed E-state index contributed by atoms with van der Waals surface area (Å²) in [4.78, 5) is 5.11. The first-order valence-corrected chi connectivity index (χ1v) is 6.57. The average molecular weight is 252 g/mol. The van der Waals surface area contributed by atoms with E-state index in [9.17, 15) is 0 Å². The predicted molar refractivity (Wildman–Crippen MR) is 67.0 cm³/mol. The van der Waals surface area contributed by atoms with Gasteiger partial charge in [0, 0.05) is 6.42 Å². The van der Waals surface area contributed by atoms with Crippen molar-refractivity contribution in [2.24, 2.45) is 0 Å². The van der Waals surface area contributed by atoms with Crippen molar-refractivity contribution < 1.29 is 4.42 Å². The van der Waals surface area contributed by atoms with Crippen molar-refractivity contribution in [1.82, 2.24) is 20.5 Å². The summed E-state index contributed by atoms with van der Waals surface area (Å²) in [6.07, 6.45) is 3.60. The Kier molecular flexibility index (Phi) is 4.22. The van der Waals surface area contributed by atoms with E-state index in [1.165, 1.54) is 0 Å². The fourth-order valence-electron chi connectivity index (χ4n) is 1.46. The van der Waals surface area contributed by atoms with Gasteiger partial charge in [0.1, 0.15) is 4.88 Å². The minimum absolute atomic E-state index is 0.578. The summed E-state index contributed by atoms with van der Waals surface area (Å²) in [5.74, 6) is 1.28. The largest absolute Gasteiger partial charge is 0.420 e. The molecule has 0 aliphatic carbocycles. The Labute approximate surface area is 104 Å². The molecule has 0 atom stereocenters. The van der Waals surface area contributed by atoms with Gasteiger partial charge in [0.2, 0.25) is 5.89 Å². The van der Waals surface area contributed by atoms with Gasteiger partial charge < -0.3 is 9.73 Å². The molecule has 2 aromatic heterocycles. The van der Waals surface area contributed by atoms with Gasteiger partial charge in [0.25, 0.3) is 5.89 Å². The van der Waals surface area contributed by atoms with Crippen LogP contribution in [0.4, 0.5) is 0 Å².